The highest BCUT2D eigenvalue weighted by Crippen LogP contribution is 2.19. The first kappa shape index (κ1) is 19.0. The molecule has 0 fully saturated rings. The molecule has 1 amide bonds. The van der Waals surface area contributed by atoms with Crippen LogP contribution in [0.5, 0.6) is 0 Å². The van der Waals surface area contributed by atoms with Crippen LogP contribution in [0.4, 0.5) is 0 Å². The summed E-state index contributed by atoms with van der Waals surface area (Å²) in [6.45, 7) is 3.86. The smallest absolute Gasteiger partial charge is 0.328 e. The second kappa shape index (κ2) is 9.22. The summed E-state index contributed by atoms with van der Waals surface area (Å²) in [5, 5.41) is 10.2. The Kier molecular flexibility index (Phi) is 7.00. The minimum absolute atomic E-state index is 0.00501. The highest BCUT2D eigenvalue weighted by atomic mass is 32.2. The van der Waals surface area contributed by atoms with Crippen molar-refractivity contribution in [2.75, 3.05) is 12.9 Å². The number of thioether (sulfide) groups is 1. The van der Waals surface area contributed by atoms with Crippen molar-refractivity contribution >= 4 is 23.6 Å². The molecule has 0 bridgehead atoms. The van der Waals surface area contributed by atoms with Gasteiger partial charge in [-0.15, -0.1) is 5.10 Å². The molecule has 8 heteroatoms. The number of hydrogen-bond donors (Lipinski definition) is 2. The number of hydrogen-bond acceptors (Lipinski definition) is 6. The van der Waals surface area contributed by atoms with Gasteiger partial charge < -0.3 is 10.1 Å². The Balaban J connectivity index is 1.91. The van der Waals surface area contributed by atoms with Crippen molar-refractivity contribution in [1.82, 2.24) is 20.5 Å². The largest absolute Gasteiger partial charge is 0.467 e. The van der Waals surface area contributed by atoms with E-state index in [4.69, 9.17) is 4.74 Å². The first-order valence-electron chi connectivity index (χ1n) is 8.03. The number of nitrogens with zero attached hydrogens (tertiary/aromatic N) is 2. The first-order chi connectivity index (χ1) is 12.0. The number of aromatic nitrogens is 3. The Morgan fingerprint density at radius 2 is 2.04 bits per heavy atom. The molecule has 0 spiro atoms. The topological polar surface area (TPSA) is 97.0 Å². The van der Waals surface area contributed by atoms with Gasteiger partial charge in [0.2, 0.25) is 11.1 Å². The predicted octanol–water partition coefficient (Wildman–Crippen LogP) is 2.27. The number of aromatic amines is 1. The van der Waals surface area contributed by atoms with E-state index in [2.05, 4.69) is 20.5 Å². The first-order valence-corrected chi connectivity index (χ1v) is 9.01. The average molecular weight is 362 g/mol. The summed E-state index contributed by atoms with van der Waals surface area (Å²) >= 11 is 1.21. The van der Waals surface area contributed by atoms with Crippen LogP contribution in [0, 0.1) is 5.92 Å². The Hall–Kier alpha value is -2.35. The molecule has 25 heavy (non-hydrogen) atoms. The third kappa shape index (κ3) is 5.32. The maximum atomic E-state index is 12.1. The zero-order valence-electron chi connectivity index (χ0n) is 14.5. The highest BCUT2D eigenvalue weighted by Gasteiger charge is 2.26. The van der Waals surface area contributed by atoms with E-state index in [1.54, 1.807) is 0 Å². The molecule has 0 radical (unpaired) electrons. The number of esters is 1. The quantitative estimate of drug-likeness (QED) is 0.552. The number of carbonyl (C=O) groups is 2. The second-order valence-electron chi connectivity index (χ2n) is 5.58. The van der Waals surface area contributed by atoms with Crippen molar-refractivity contribution in [2.24, 2.45) is 5.92 Å². The number of H-pyrrole nitrogens is 1. The van der Waals surface area contributed by atoms with Gasteiger partial charge in [0.1, 0.15) is 6.04 Å². The van der Waals surface area contributed by atoms with Gasteiger partial charge in [0.25, 0.3) is 0 Å². The van der Waals surface area contributed by atoms with E-state index in [-0.39, 0.29) is 17.6 Å². The number of amides is 1. The summed E-state index contributed by atoms with van der Waals surface area (Å²) in [6, 6.07) is 8.97. The van der Waals surface area contributed by atoms with E-state index in [9.17, 15) is 9.59 Å². The van der Waals surface area contributed by atoms with Crippen molar-refractivity contribution in [3.8, 4) is 11.4 Å². The summed E-state index contributed by atoms with van der Waals surface area (Å²) in [7, 11) is 1.32. The van der Waals surface area contributed by atoms with Gasteiger partial charge in [-0.05, 0) is 5.92 Å². The molecule has 0 saturated heterocycles. The Morgan fingerprint density at radius 3 is 2.68 bits per heavy atom. The number of methoxy groups -OCH3 is 1. The summed E-state index contributed by atoms with van der Waals surface area (Å²) < 4.78 is 4.76. The van der Waals surface area contributed by atoms with Crippen LogP contribution in [0.15, 0.2) is 35.5 Å². The minimum Gasteiger partial charge on any atom is -0.467 e. The highest BCUT2D eigenvalue weighted by molar-refractivity contribution is 7.99. The van der Waals surface area contributed by atoms with Crippen LogP contribution >= 0.6 is 11.8 Å². The molecule has 2 unspecified atom stereocenters. The molecular weight excluding hydrogens is 340 g/mol. The number of rotatable bonds is 8. The average Bonchev–Trinajstić information content (AvgIpc) is 3.13. The van der Waals surface area contributed by atoms with Crippen molar-refractivity contribution in [3.63, 3.8) is 0 Å². The third-order valence-electron chi connectivity index (χ3n) is 3.83. The van der Waals surface area contributed by atoms with Crippen molar-refractivity contribution in [1.29, 1.82) is 0 Å². The van der Waals surface area contributed by atoms with Crippen LogP contribution in [0.25, 0.3) is 11.4 Å². The molecule has 7 nitrogen and oxygen atoms in total. The van der Waals surface area contributed by atoms with Crippen molar-refractivity contribution < 1.29 is 14.3 Å². The van der Waals surface area contributed by atoms with E-state index < -0.39 is 12.0 Å². The lowest BCUT2D eigenvalue weighted by molar-refractivity contribution is -0.146. The zero-order valence-corrected chi connectivity index (χ0v) is 15.3. The normalized spacial score (nSPS) is 13.1. The van der Waals surface area contributed by atoms with Gasteiger partial charge in [-0.1, -0.05) is 62.4 Å². The third-order valence-corrected chi connectivity index (χ3v) is 4.68. The van der Waals surface area contributed by atoms with Gasteiger partial charge in [-0.2, -0.15) is 0 Å². The number of nitrogens with one attached hydrogen (secondary N) is 2. The zero-order chi connectivity index (χ0) is 18.2. The molecule has 2 atom stereocenters. The molecule has 2 aromatic rings. The molecule has 0 aliphatic carbocycles. The lowest BCUT2D eigenvalue weighted by atomic mass is 9.99. The van der Waals surface area contributed by atoms with E-state index in [1.807, 2.05) is 44.2 Å². The number of benzene rings is 1. The van der Waals surface area contributed by atoms with E-state index in [0.717, 1.165) is 12.0 Å². The lowest BCUT2D eigenvalue weighted by Gasteiger charge is -2.21. The van der Waals surface area contributed by atoms with Crippen LogP contribution in [0.2, 0.25) is 0 Å². The predicted molar refractivity (Wildman–Crippen MR) is 95.9 cm³/mol. The standard InChI is InChI=1S/C17H22N4O3S/c1-4-11(2)14(16(23)24-3)18-13(22)10-25-17-19-15(20-21-17)12-8-6-5-7-9-12/h5-9,11,14H,4,10H2,1-3H3,(H,18,22)(H,19,20,21). The molecule has 2 rings (SSSR count). The summed E-state index contributed by atoms with van der Waals surface area (Å²) in [5.74, 6) is 0.0737. The monoisotopic (exact) mass is 362 g/mol. The molecule has 134 valence electrons. The van der Waals surface area contributed by atoms with Crippen LogP contribution < -0.4 is 5.32 Å². The Morgan fingerprint density at radius 1 is 1.32 bits per heavy atom. The van der Waals surface area contributed by atoms with Gasteiger partial charge >= 0.3 is 5.97 Å². The Labute approximate surface area is 150 Å². The van der Waals surface area contributed by atoms with Crippen molar-refractivity contribution in [2.45, 2.75) is 31.5 Å². The molecule has 0 aliphatic heterocycles. The van der Waals surface area contributed by atoms with Gasteiger partial charge in [0.05, 0.1) is 12.9 Å². The minimum atomic E-state index is -0.643. The number of carbonyl (C=O) groups excluding carboxylic acids is 2. The lowest BCUT2D eigenvalue weighted by Crippen LogP contribution is -2.46. The fourth-order valence-electron chi connectivity index (χ4n) is 2.18. The maximum absolute atomic E-state index is 12.1. The Bertz CT molecular complexity index is 705. The maximum Gasteiger partial charge on any atom is 0.328 e. The van der Waals surface area contributed by atoms with E-state index in [1.165, 1.54) is 18.9 Å². The fraction of sp³-hybridized carbons (Fsp3) is 0.412. The fourth-order valence-corrected chi connectivity index (χ4v) is 2.79. The summed E-state index contributed by atoms with van der Waals surface area (Å²) in [5.41, 5.74) is 0.925. The van der Waals surface area contributed by atoms with Gasteiger partial charge in [-0.25, -0.2) is 9.78 Å². The SMILES string of the molecule is CCC(C)C(NC(=O)CSc1n[nH]c(-c2ccccc2)n1)C(=O)OC. The molecule has 2 N–H and O–H groups in total. The van der Waals surface area contributed by atoms with Gasteiger partial charge in [0, 0.05) is 5.56 Å². The number of ether oxygens (including phenoxy) is 1. The molecular formula is C17H22N4O3S. The van der Waals surface area contributed by atoms with Crippen LogP contribution in [0.3, 0.4) is 0 Å². The molecule has 1 heterocycles. The molecule has 1 aromatic heterocycles. The van der Waals surface area contributed by atoms with E-state index >= 15 is 0 Å². The van der Waals surface area contributed by atoms with Gasteiger partial charge in [-0.3, -0.25) is 9.89 Å². The van der Waals surface area contributed by atoms with Gasteiger partial charge in [0.15, 0.2) is 5.82 Å². The van der Waals surface area contributed by atoms with Crippen LogP contribution in [-0.2, 0) is 14.3 Å². The van der Waals surface area contributed by atoms with Crippen LogP contribution in [0.1, 0.15) is 20.3 Å². The van der Waals surface area contributed by atoms with E-state index in [0.29, 0.717) is 11.0 Å². The summed E-state index contributed by atoms with van der Waals surface area (Å²) in [6.07, 6.45) is 0.758. The second-order valence-corrected chi connectivity index (χ2v) is 6.52. The van der Waals surface area contributed by atoms with Crippen LogP contribution in [-0.4, -0.2) is 46.0 Å². The van der Waals surface area contributed by atoms with Crippen molar-refractivity contribution in [3.05, 3.63) is 30.3 Å². The molecule has 0 saturated carbocycles. The molecule has 1 aromatic carbocycles. The summed E-state index contributed by atoms with van der Waals surface area (Å²) in [4.78, 5) is 28.3. The molecule has 0 aliphatic rings.